The lowest BCUT2D eigenvalue weighted by atomic mass is 9.96. The molecule has 0 bridgehead atoms. The van der Waals surface area contributed by atoms with E-state index in [4.69, 9.17) is 14.2 Å². The van der Waals surface area contributed by atoms with Gasteiger partial charge in [-0.3, -0.25) is 4.79 Å². The number of hydrogen-bond donors (Lipinski definition) is 2. The third kappa shape index (κ3) is 11.3. The van der Waals surface area contributed by atoms with Gasteiger partial charge in [0.15, 0.2) is 0 Å². The Labute approximate surface area is 345 Å². The van der Waals surface area contributed by atoms with Crippen molar-refractivity contribution in [2.24, 2.45) is 5.92 Å². The summed E-state index contributed by atoms with van der Waals surface area (Å²) in [6.07, 6.45) is -2.73. The molecule has 2 fully saturated rings. The van der Waals surface area contributed by atoms with Crippen LogP contribution in [-0.4, -0.2) is 104 Å². The van der Waals surface area contributed by atoms with Crippen LogP contribution in [-0.2, 0) is 40.6 Å². The minimum atomic E-state index is -2.22. The lowest BCUT2D eigenvalue weighted by Gasteiger charge is -2.35. The summed E-state index contributed by atoms with van der Waals surface area (Å²) in [6, 6.07) is 28.9. The van der Waals surface area contributed by atoms with Crippen molar-refractivity contribution in [1.82, 2.24) is 4.90 Å². The van der Waals surface area contributed by atoms with Gasteiger partial charge in [-0.1, -0.05) is 65.7 Å². The zero-order valence-electron chi connectivity index (χ0n) is 34.4. The number of likely N-dealkylation sites (N-methyl/N-ethyl adjacent to an activating group) is 1. The van der Waals surface area contributed by atoms with Gasteiger partial charge in [0.05, 0.1) is 16.7 Å². The number of aliphatic carboxylic acids is 2. The zero-order chi connectivity index (χ0) is 42.9. The number of rotatable bonds is 13. The molecule has 0 saturated carbocycles. The number of carbonyl (C=O) groups is 5. The maximum atomic E-state index is 13.3. The van der Waals surface area contributed by atoms with Crippen molar-refractivity contribution >= 4 is 41.2 Å². The molecule has 4 aromatic rings. The first kappa shape index (κ1) is 44.1. The van der Waals surface area contributed by atoms with E-state index in [1.165, 1.54) is 35.5 Å². The van der Waals surface area contributed by atoms with Crippen LogP contribution in [0.2, 0.25) is 0 Å². The summed E-state index contributed by atoms with van der Waals surface area (Å²) < 4.78 is 15.2. The van der Waals surface area contributed by atoms with Gasteiger partial charge in [0.2, 0.25) is 18.1 Å². The van der Waals surface area contributed by atoms with E-state index in [0.717, 1.165) is 67.9 Å². The van der Waals surface area contributed by atoms with E-state index in [-0.39, 0.29) is 28.6 Å². The van der Waals surface area contributed by atoms with Gasteiger partial charge in [-0.15, -0.1) is 0 Å². The summed E-state index contributed by atoms with van der Waals surface area (Å²) in [5.41, 5.74) is 6.15. The lowest BCUT2D eigenvalue weighted by Crippen LogP contribution is -2.45. The van der Waals surface area contributed by atoms with Gasteiger partial charge in [0, 0.05) is 57.1 Å². The standard InChI is InChI=1S/C26H35N3O2.C20H18O8/c1-26(2,31-4)22-9-11-23(12-10-22)29-14-13-21(25(29)30)19-20-7-5-6-8-24(20)28-17-15-27(3)16-18-28;1-11-3-7-13(8-4-11)19(25)27-15(17(21)22)16(18(23)24)28-20(26)14-9-5-12(2)6-10-14/h5-12,21H,13-19H2,1-4H3;3-10,15-16H,1-2H3,(H,21,22)(H,23,24)/t21-;15-,16-/m11/s1. The lowest BCUT2D eigenvalue weighted by molar-refractivity contribution is -0.166. The number of anilines is 2. The maximum absolute atomic E-state index is 13.3. The Morgan fingerprint density at radius 3 is 1.68 bits per heavy atom. The van der Waals surface area contributed by atoms with Crippen LogP contribution in [0.1, 0.15) is 63.2 Å². The van der Waals surface area contributed by atoms with Gasteiger partial charge >= 0.3 is 23.9 Å². The minimum Gasteiger partial charge on any atom is -0.478 e. The number of carbonyl (C=O) groups excluding carboxylic acids is 3. The van der Waals surface area contributed by atoms with E-state index in [1.807, 2.05) is 4.90 Å². The molecule has 0 unspecified atom stereocenters. The highest BCUT2D eigenvalue weighted by Gasteiger charge is 2.41. The van der Waals surface area contributed by atoms with Gasteiger partial charge in [0.1, 0.15) is 0 Å². The second-order valence-corrected chi connectivity index (χ2v) is 15.4. The van der Waals surface area contributed by atoms with Crippen LogP contribution in [0.3, 0.4) is 0 Å². The van der Waals surface area contributed by atoms with E-state index < -0.39 is 36.1 Å². The molecule has 2 aliphatic heterocycles. The number of nitrogens with zero attached hydrogens (tertiary/aromatic N) is 3. The Kier molecular flexibility index (Phi) is 14.6. The number of benzene rings is 4. The van der Waals surface area contributed by atoms with E-state index in [9.17, 15) is 34.2 Å². The van der Waals surface area contributed by atoms with E-state index in [2.05, 4.69) is 79.2 Å². The van der Waals surface area contributed by atoms with Gasteiger partial charge in [0.25, 0.3) is 0 Å². The second kappa shape index (κ2) is 19.6. The average molecular weight is 808 g/mol. The van der Waals surface area contributed by atoms with Gasteiger partial charge in [-0.05, 0) is 101 Å². The Morgan fingerprint density at radius 1 is 0.712 bits per heavy atom. The Morgan fingerprint density at radius 2 is 1.20 bits per heavy atom. The molecule has 0 spiro atoms. The number of esters is 2. The van der Waals surface area contributed by atoms with Crippen LogP contribution < -0.4 is 9.80 Å². The Balaban J connectivity index is 0.000000226. The first-order valence-electron chi connectivity index (χ1n) is 19.6. The molecule has 0 aromatic heterocycles. The molecule has 0 aliphatic carbocycles. The molecular weight excluding hydrogens is 755 g/mol. The van der Waals surface area contributed by atoms with Crippen molar-refractivity contribution in [3.63, 3.8) is 0 Å². The average Bonchev–Trinajstić information content (AvgIpc) is 3.59. The summed E-state index contributed by atoms with van der Waals surface area (Å²) in [7, 11) is 3.90. The van der Waals surface area contributed by atoms with Crippen molar-refractivity contribution in [1.29, 1.82) is 0 Å². The quantitative estimate of drug-likeness (QED) is 0.149. The number of carboxylic acid groups (broad SMARTS) is 2. The Hall–Kier alpha value is -6.05. The normalized spacial score (nSPS) is 16.7. The molecule has 0 radical (unpaired) electrons. The zero-order valence-corrected chi connectivity index (χ0v) is 34.4. The summed E-state index contributed by atoms with van der Waals surface area (Å²) in [4.78, 5) is 67.4. The number of ether oxygens (including phenoxy) is 3. The molecule has 2 saturated heterocycles. The molecule has 3 atom stereocenters. The van der Waals surface area contributed by atoms with Crippen molar-refractivity contribution in [2.75, 3.05) is 56.7 Å². The highest BCUT2D eigenvalue weighted by atomic mass is 16.6. The molecule has 13 nitrogen and oxygen atoms in total. The van der Waals surface area contributed by atoms with Crippen LogP contribution in [0.4, 0.5) is 11.4 Å². The molecule has 4 aromatic carbocycles. The first-order chi connectivity index (χ1) is 28.1. The highest BCUT2D eigenvalue weighted by Crippen LogP contribution is 2.33. The number of piperazine rings is 1. The fourth-order valence-corrected chi connectivity index (χ4v) is 6.88. The summed E-state index contributed by atoms with van der Waals surface area (Å²) >= 11 is 0. The third-order valence-corrected chi connectivity index (χ3v) is 10.8. The maximum Gasteiger partial charge on any atom is 0.349 e. The van der Waals surface area contributed by atoms with Crippen LogP contribution >= 0.6 is 0 Å². The summed E-state index contributed by atoms with van der Waals surface area (Å²) in [6.45, 7) is 12.7. The van der Waals surface area contributed by atoms with Crippen molar-refractivity contribution in [2.45, 2.75) is 58.3 Å². The molecule has 2 N–H and O–H groups in total. The van der Waals surface area contributed by atoms with Crippen LogP contribution in [0.15, 0.2) is 97.1 Å². The predicted octanol–water partition coefficient (Wildman–Crippen LogP) is 6.14. The minimum absolute atomic E-state index is 0.0332. The molecule has 13 heteroatoms. The molecule has 312 valence electrons. The van der Waals surface area contributed by atoms with Gasteiger partial charge < -0.3 is 39.1 Å². The Bertz CT molecular complexity index is 2020. The van der Waals surface area contributed by atoms with Crippen LogP contribution in [0.5, 0.6) is 0 Å². The molecule has 59 heavy (non-hydrogen) atoms. The highest BCUT2D eigenvalue weighted by molar-refractivity contribution is 5.97. The molecular formula is C46H53N3O10. The van der Waals surface area contributed by atoms with Crippen molar-refractivity contribution < 1.29 is 48.4 Å². The molecule has 6 rings (SSSR count). The SMILES string of the molecule is COC(C)(C)c1ccc(N2CC[C@H](Cc3ccccc3N3CCN(C)CC3)C2=O)cc1.Cc1ccc(C(=O)O[C@@H](C(=O)O)[C@@H](OC(=O)c2ccc(C)cc2)C(=O)O)cc1. The van der Waals surface area contributed by atoms with Gasteiger partial charge in [-0.2, -0.15) is 0 Å². The predicted molar refractivity (Wildman–Crippen MR) is 223 cm³/mol. The smallest absolute Gasteiger partial charge is 0.349 e. The number of amides is 1. The topological polar surface area (TPSA) is 163 Å². The molecule has 2 aliphatic rings. The van der Waals surface area contributed by atoms with Crippen LogP contribution in [0.25, 0.3) is 0 Å². The first-order valence-corrected chi connectivity index (χ1v) is 19.6. The summed E-state index contributed by atoms with van der Waals surface area (Å²) in [5, 5.41) is 18.6. The largest absolute Gasteiger partial charge is 0.478 e. The molecule has 1 amide bonds. The van der Waals surface area contributed by atoms with E-state index >= 15 is 0 Å². The van der Waals surface area contributed by atoms with Crippen LogP contribution in [0, 0.1) is 19.8 Å². The van der Waals surface area contributed by atoms with E-state index in [0.29, 0.717) is 0 Å². The fourth-order valence-electron chi connectivity index (χ4n) is 6.88. The molecule has 2 heterocycles. The monoisotopic (exact) mass is 807 g/mol. The number of para-hydroxylation sites is 1. The third-order valence-electron chi connectivity index (χ3n) is 10.8. The van der Waals surface area contributed by atoms with Crippen molar-refractivity contribution in [3.8, 4) is 0 Å². The number of carboxylic acids is 2. The number of aryl methyl sites for hydroxylation is 2. The number of hydrogen-bond acceptors (Lipinski definition) is 10. The second-order valence-electron chi connectivity index (χ2n) is 15.4. The van der Waals surface area contributed by atoms with Gasteiger partial charge in [-0.25, -0.2) is 19.2 Å². The van der Waals surface area contributed by atoms with E-state index in [1.54, 1.807) is 45.2 Å². The van der Waals surface area contributed by atoms with Crippen molar-refractivity contribution in [3.05, 3.63) is 130 Å². The summed E-state index contributed by atoms with van der Waals surface area (Å²) in [5.74, 6) is -5.33. The number of methoxy groups -OCH3 is 1. The fraction of sp³-hybridized carbons (Fsp3) is 0.370.